The van der Waals surface area contributed by atoms with Gasteiger partial charge in [0.25, 0.3) is 0 Å². The van der Waals surface area contributed by atoms with Crippen molar-refractivity contribution >= 4 is 37.7 Å². The van der Waals surface area contributed by atoms with Gasteiger partial charge in [-0.15, -0.1) is 0 Å². The molecule has 0 saturated heterocycles. The molecule has 0 aromatic carbocycles. The fraction of sp³-hybridized carbons (Fsp3) is 0. The molecule has 0 saturated carbocycles. The van der Waals surface area contributed by atoms with E-state index in [1.807, 2.05) is 0 Å². The minimum Gasteiger partial charge on any atom is -2.00 e. The van der Waals surface area contributed by atoms with Crippen molar-refractivity contribution in [2.24, 2.45) is 0 Å². The van der Waals surface area contributed by atoms with Crippen LogP contribution in [0, 0.1) is 41.3 Å². The summed E-state index contributed by atoms with van der Waals surface area (Å²) in [6, 6.07) is 0. The van der Waals surface area contributed by atoms with Crippen molar-refractivity contribution in [1.29, 1.82) is 0 Å². The smallest absolute Gasteiger partial charge is 2.00 e. The molecule has 0 aliphatic heterocycles. The summed E-state index contributed by atoms with van der Waals surface area (Å²) in [5, 5.41) is 0. The van der Waals surface area contributed by atoms with Crippen molar-refractivity contribution in [3.8, 4) is 0 Å². The molecule has 0 aromatic heterocycles. The van der Waals surface area contributed by atoms with Gasteiger partial charge >= 0.3 is 54.8 Å². The second kappa shape index (κ2) is 16.5. The van der Waals surface area contributed by atoms with Crippen LogP contribution < -0.4 is 0 Å². The largest absolute Gasteiger partial charge is 2.00 e. The Morgan fingerprint density at radius 2 is 1.25 bits per heavy atom. The Kier molecular flexibility index (Phi) is 113. The van der Waals surface area contributed by atoms with E-state index in [2.05, 4.69) is 0 Å². The predicted octanol–water partition coefficient (Wildman–Crippen LogP) is -0.277. The molecular weight excluding hydrogens is 252 g/mol. The summed E-state index contributed by atoms with van der Waals surface area (Å²) in [6.07, 6.45) is 0. The summed E-state index contributed by atoms with van der Waals surface area (Å²) < 4.78 is 0. The number of rotatable bonds is 0. The van der Waals surface area contributed by atoms with E-state index < -0.39 is 0 Å². The number of hydrogen-bond donors (Lipinski definition) is 0. The monoisotopic (exact) mass is 254 g/mol. The molecule has 0 rings (SSSR count). The van der Waals surface area contributed by atoms with Crippen molar-refractivity contribution in [2.45, 2.75) is 0 Å². The Morgan fingerprint density at radius 1 is 1.25 bits per heavy atom. The van der Waals surface area contributed by atoms with Gasteiger partial charge in [-0.3, -0.25) is 0 Å². The molecule has 20 valence electrons. The van der Waals surface area contributed by atoms with Crippen LogP contribution in [-0.4, -0.2) is 37.7 Å². The maximum Gasteiger partial charge on any atom is 2.00 e. The Hall–Kier alpha value is 3.10. The van der Waals surface area contributed by atoms with Crippen LogP contribution in [-0.2, 0) is 22.5 Å². The molecule has 0 bridgehead atoms. The van der Waals surface area contributed by atoms with E-state index in [0.717, 1.165) is 0 Å². The van der Waals surface area contributed by atoms with Crippen molar-refractivity contribution < 1.29 is 66.7 Å². The first-order valence-corrected chi connectivity index (χ1v) is 0. The van der Waals surface area contributed by atoms with Crippen molar-refractivity contribution in [2.75, 3.05) is 0 Å². The van der Waals surface area contributed by atoms with E-state index >= 15 is 0 Å². The normalized spacial score (nSPS) is 0. The molecule has 4 heteroatoms. The molecule has 0 spiro atoms. The summed E-state index contributed by atoms with van der Waals surface area (Å²) >= 11 is 0. The molecule has 0 aromatic rings. The summed E-state index contributed by atoms with van der Waals surface area (Å²) in [5.74, 6) is 0. The third-order valence-electron chi connectivity index (χ3n) is 0. The van der Waals surface area contributed by atoms with Crippen LogP contribution in [0.15, 0.2) is 0 Å². The third-order valence-corrected chi connectivity index (χ3v) is 0. The molecule has 0 amide bonds. The van der Waals surface area contributed by atoms with Gasteiger partial charge in [-0.2, -0.15) is 0 Å². The SMILES string of the molecule is [Ca+2].[H-].[H-].[Mn+2].[O-2].[Pr]. The summed E-state index contributed by atoms with van der Waals surface area (Å²) in [6.45, 7) is 0. The van der Waals surface area contributed by atoms with Crippen LogP contribution in [0.3, 0.4) is 0 Å². The first-order chi connectivity index (χ1) is 0. The standard InChI is InChI=1S/Ca.Mn.O.Pr.2H/q2*+2;-2;;2*-1. The quantitative estimate of drug-likeness (QED) is 0.532. The van der Waals surface area contributed by atoms with Gasteiger partial charge in [0.15, 0.2) is 0 Å². The van der Waals surface area contributed by atoms with E-state index in [1.165, 1.54) is 0 Å². The second-order valence-corrected chi connectivity index (χ2v) is 0. The number of hydrogen-bond acceptors (Lipinski definition) is 0. The zero-order valence-electron chi connectivity index (χ0n) is 4.07. The molecule has 0 fully saturated rings. The van der Waals surface area contributed by atoms with E-state index in [-0.39, 0.29) is 104 Å². The van der Waals surface area contributed by atoms with E-state index in [4.69, 9.17) is 0 Å². The van der Waals surface area contributed by atoms with Gasteiger partial charge in [0.05, 0.1) is 0 Å². The molecule has 1 nitrogen and oxygen atoms in total. The minimum atomic E-state index is 0. The van der Waals surface area contributed by atoms with Crippen LogP contribution in [0.5, 0.6) is 0 Å². The van der Waals surface area contributed by atoms with Gasteiger partial charge < -0.3 is 8.33 Å². The molecular formula is H2CaMnOPr. The van der Waals surface area contributed by atoms with Gasteiger partial charge in [0.1, 0.15) is 0 Å². The topological polar surface area (TPSA) is 28.5 Å². The zero-order chi connectivity index (χ0) is 0. The zero-order valence-corrected chi connectivity index (χ0v) is 9.16. The van der Waals surface area contributed by atoms with Gasteiger partial charge in [-0.1, -0.05) is 0 Å². The average molecular weight is 254 g/mol. The Balaban J connectivity index is 0. The average Bonchev–Trinajstić information content (AvgIpc) is 0. The van der Waals surface area contributed by atoms with Gasteiger partial charge in [-0.05, 0) is 0 Å². The predicted molar refractivity (Wildman–Crippen MR) is 8.66 cm³/mol. The Morgan fingerprint density at radius 3 is 1.25 bits per heavy atom. The molecule has 0 atom stereocenters. The summed E-state index contributed by atoms with van der Waals surface area (Å²) in [4.78, 5) is 0. The molecule has 0 N–H and O–H groups in total. The fourth-order valence-corrected chi connectivity index (χ4v) is 0. The fourth-order valence-electron chi connectivity index (χ4n) is 0. The summed E-state index contributed by atoms with van der Waals surface area (Å²) in [5.41, 5.74) is 0. The summed E-state index contributed by atoms with van der Waals surface area (Å²) in [7, 11) is 0. The Bertz CT molecular complexity index is 13.5. The van der Waals surface area contributed by atoms with Crippen molar-refractivity contribution in [3.63, 3.8) is 0 Å². The molecule has 4 heavy (non-hydrogen) atoms. The van der Waals surface area contributed by atoms with Crippen molar-refractivity contribution in [3.05, 3.63) is 0 Å². The van der Waals surface area contributed by atoms with Gasteiger partial charge in [0, 0.05) is 41.3 Å². The van der Waals surface area contributed by atoms with E-state index in [9.17, 15) is 0 Å². The second-order valence-electron chi connectivity index (χ2n) is 0. The van der Waals surface area contributed by atoms with Crippen LogP contribution in [0.1, 0.15) is 2.85 Å². The van der Waals surface area contributed by atoms with Crippen LogP contribution in [0.4, 0.5) is 0 Å². The van der Waals surface area contributed by atoms with E-state index in [1.54, 1.807) is 0 Å². The maximum atomic E-state index is 0. The molecule has 0 aliphatic rings. The first-order valence-electron chi connectivity index (χ1n) is 0. The van der Waals surface area contributed by atoms with Crippen LogP contribution >= 0.6 is 0 Å². The maximum absolute atomic E-state index is 0. The van der Waals surface area contributed by atoms with Gasteiger partial charge in [-0.25, -0.2) is 0 Å². The molecule has 0 heterocycles. The molecule has 2 radical (unpaired) electrons. The third kappa shape index (κ3) is 8.92. The van der Waals surface area contributed by atoms with Crippen LogP contribution in [0.2, 0.25) is 0 Å². The molecule has 0 aliphatic carbocycles. The van der Waals surface area contributed by atoms with Crippen molar-refractivity contribution in [1.82, 2.24) is 0 Å². The molecule has 0 unspecified atom stereocenters. The Labute approximate surface area is 102 Å². The minimum absolute atomic E-state index is 0. The van der Waals surface area contributed by atoms with E-state index in [0.29, 0.717) is 0 Å². The van der Waals surface area contributed by atoms with Crippen LogP contribution in [0.25, 0.3) is 0 Å². The first kappa shape index (κ1) is 27.5. The van der Waals surface area contributed by atoms with Gasteiger partial charge in [0.2, 0.25) is 0 Å².